The summed E-state index contributed by atoms with van der Waals surface area (Å²) in [5.74, 6) is 1.12. The molecule has 2 aromatic carbocycles. The van der Waals surface area contributed by atoms with E-state index < -0.39 is 0 Å². The number of carbonyl (C=O) groups is 1. The normalized spacial score (nSPS) is 12.6. The number of halogens is 1. The van der Waals surface area contributed by atoms with E-state index >= 15 is 0 Å². The van der Waals surface area contributed by atoms with E-state index in [0.29, 0.717) is 27.2 Å². The molecule has 22 heavy (non-hydrogen) atoms. The number of benzene rings is 2. The first-order valence-corrected chi connectivity index (χ1v) is 7.65. The van der Waals surface area contributed by atoms with E-state index in [4.69, 9.17) is 21.1 Å². The lowest BCUT2D eigenvalue weighted by Crippen LogP contribution is -2.11. The molecule has 1 aromatic heterocycles. The second-order valence-electron chi connectivity index (χ2n) is 4.66. The van der Waals surface area contributed by atoms with Crippen molar-refractivity contribution >= 4 is 44.2 Å². The van der Waals surface area contributed by atoms with E-state index in [1.807, 2.05) is 12.1 Å². The van der Waals surface area contributed by atoms with Crippen LogP contribution in [0.2, 0.25) is 5.02 Å². The molecule has 0 bridgehead atoms. The number of nitrogens with one attached hydrogen (secondary N) is 1. The monoisotopic (exact) mass is 332 g/mol. The predicted octanol–water partition coefficient (Wildman–Crippen LogP) is 3.93. The van der Waals surface area contributed by atoms with Crippen LogP contribution in [0.15, 0.2) is 36.4 Å². The molecule has 0 aliphatic carbocycles. The Morgan fingerprint density at radius 1 is 1.23 bits per heavy atom. The summed E-state index contributed by atoms with van der Waals surface area (Å²) in [6.45, 7) is 0.227. The van der Waals surface area contributed by atoms with Gasteiger partial charge in [-0.15, -0.1) is 0 Å². The van der Waals surface area contributed by atoms with Gasteiger partial charge < -0.3 is 9.47 Å². The SMILES string of the molecule is O=C(Nc1nc2cc3c(cc2s1)OCO3)c1cccc(Cl)c1. The summed E-state index contributed by atoms with van der Waals surface area (Å²) in [4.78, 5) is 16.6. The van der Waals surface area contributed by atoms with Gasteiger partial charge in [-0.05, 0) is 18.2 Å². The van der Waals surface area contributed by atoms with Gasteiger partial charge in [0.05, 0.1) is 10.2 Å². The number of nitrogens with zero attached hydrogens (tertiary/aromatic N) is 1. The van der Waals surface area contributed by atoms with Crippen molar-refractivity contribution < 1.29 is 14.3 Å². The maximum absolute atomic E-state index is 12.2. The molecule has 0 spiro atoms. The van der Waals surface area contributed by atoms with E-state index in [1.165, 1.54) is 11.3 Å². The summed E-state index contributed by atoms with van der Waals surface area (Å²) in [5, 5.41) is 3.81. The Hall–Kier alpha value is -2.31. The second kappa shape index (κ2) is 5.15. The van der Waals surface area contributed by atoms with Crippen molar-refractivity contribution in [3.05, 3.63) is 47.0 Å². The topological polar surface area (TPSA) is 60.5 Å². The molecular formula is C15H9ClN2O3S. The zero-order valence-electron chi connectivity index (χ0n) is 11.1. The molecule has 0 fully saturated rings. The third kappa shape index (κ3) is 2.36. The Morgan fingerprint density at radius 3 is 2.86 bits per heavy atom. The number of hydrogen-bond acceptors (Lipinski definition) is 5. The zero-order chi connectivity index (χ0) is 15.1. The third-order valence-electron chi connectivity index (χ3n) is 3.19. The van der Waals surface area contributed by atoms with Gasteiger partial charge in [0.1, 0.15) is 0 Å². The standard InChI is InChI=1S/C15H9ClN2O3S/c16-9-3-1-2-8(4-9)14(19)18-15-17-10-5-11-12(21-7-20-11)6-13(10)22-15/h1-6H,7H2,(H,17,18,19). The molecule has 5 nitrogen and oxygen atoms in total. The minimum atomic E-state index is -0.249. The number of hydrogen-bond donors (Lipinski definition) is 1. The molecular weight excluding hydrogens is 324 g/mol. The van der Waals surface area contributed by atoms with Crippen LogP contribution in [0.25, 0.3) is 10.2 Å². The molecule has 1 amide bonds. The molecule has 0 atom stereocenters. The largest absolute Gasteiger partial charge is 0.454 e. The maximum Gasteiger partial charge on any atom is 0.257 e. The van der Waals surface area contributed by atoms with Gasteiger partial charge >= 0.3 is 0 Å². The molecule has 3 aromatic rings. The van der Waals surface area contributed by atoms with Gasteiger partial charge in [-0.1, -0.05) is 29.0 Å². The van der Waals surface area contributed by atoms with Crippen LogP contribution in [0.5, 0.6) is 11.5 Å². The molecule has 0 saturated carbocycles. The highest BCUT2D eigenvalue weighted by atomic mass is 35.5. The highest BCUT2D eigenvalue weighted by Crippen LogP contribution is 2.39. The summed E-state index contributed by atoms with van der Waals surface area (Å²) in [6, 6.07) is 10.4. The molecule has 110 valence electrons. The van der Waals surface area contributed by atoms with Crippen LogP contribution in [-0.4, -0.2) is 17.7 Å². The van der Waals surface area contributed by atoms with Crippen molar-refractivity contribution in [1.82, 2.24) is 4.98 Å². The molecule has 1 aliphatic rings. The van der Waals surface area contributed by atoms with Crippen LogP contribution in [-0.2, 0) is 0 Å². The Balaban J connectivity index is 1.63. The van der Waals surface area contributed by atoms with Gasteiger partial charge in [0.2, 0.25) is 6.79 Å². The number of aromatic nitrogens is 1. The summed E-state index contributed by atoms with van der Waals surface area (Å²) < 4.78 is 11.6. The first kappa shape index (κ1) is 13.4. The first-order valence-electron chi connectivity index (χ1n) is 6.46. The van der Waals surface area contributed by atoms with Crippen LogP contribution in [0.4, 0.5) is 5.13 Å². The van der Waals surface area contributed by atoms with Crippen LogP contribution < -0.4 is 14.8 Å². The quantitative estimate of drug-likeness (QED) is 0.772. The number of fused-ring (bicyclic) bond motifs is 2. The number of carbonyl (C=O) groups excluding carboxylic acids is 1. The molecule has 1 aliphatic heterocycles. The highest BCUT2D eigenvalue weighted by molar-refractivity contribution is 7.22. The van der Waals surface area contributed by atoms with Crippen molar-refractivity contribution in [2.24, 2.45) is 0 Å². The third-order valence-corrected chi connectivity index (χ3v) is 4.36. The van der Waals surface area contributed by atoms with E-state index in [1.54, 1.807) is 24.3 Å². The Morgan fingerprint density at radius 2 is 2.05 bits per heavy atom. The van der Waals surface area contributed by atoms with Gasteiger partial charge in [0.25, 0.3) is 5.91 Å². The second-order valence-corrected chi connectivity index (χ2v) is 6.12. The summed E-state index contributed by atoms with van der Waals surface area (Å²) >= 11 is 7.27. The zero-order valence-corrected chi connectivity index (χ0v) is 12.7. The van der Waals surface area contributed by atoms with Gasteiger partial charge in [-0.2, -0.15) is 0 Å². The molecule has 0 unspecified atom stereocenters. The number of amides is 1. The lowest BCUT2D eigenvalue weighted by atomic mass is 10.2. The predicted molar refractivity (Wildman–Crippen MR) is 85.1 cm³/mol. The summed E-state index contributed by atoms with van der Waals surface area (Å²) in [6.07, 6.45) is 0. The van der Waals surface area contributed by atoms with Crippen molar-refractivity contribution in [3.63, 3.8) is 0 Å². The molecule has 4 rings (SSSR count). The average Bonchev–Trinajstić information content (AvgIpc) is 3.09. The summed E-state index contributed by atoms with van der Waals surface area (Å²) in [7, 11) is 0. The van der Waals surface area contributed by atoms with Crippen LogP contribution in [0.1, 0.15) is 10.4 Å². The fourth-order valence-corrected chi connectivity index (χ4v) is 3.23. The lowest BCUT2D eigenvalue weighted by molar-refractivity contribution is 0.102. The number of thiazole rings is 1. The lowest BCUT2D eigenvalue weighted by Gasteiger charge is -2.01. The average molecular weight is 333 g/mol. The maximum atomic E-state index is 12.2. The van der Waals surface area contributed by atoms with Crippen LogP contribution in [0, 0.1) is 0 Å². The molecule has 7 heteroatoms. The molecule has 0 saturated heterocycles. The van der Waals surface area contributed by atoms with Crippen LogP contribution >= 0.6 is 22.9 Å². The number of anilines is 1. The van der Waals surface area contributed by atoms with Crippen LogP contribution in [0.3, 0.4) is 0 Å². The Bertz CT molecular complexity index is 853. The van der Waals surface area contributed by atoms with E-state index in [-0.39, 0.29) is 12.7 Å². The fraction of sp³-hybridized carbons (Fsp3) is 0.0667. The van der Waals surface area contributed by atoms with Gasteiger partial charge in [-0.25, -0.2) is 4.98 Å². The number of ether oxygens (including phenoxy) is 2. The molecule has 0 radical (unpaired) electrons. The minimum Gasteiger partial charge on any atom is -0.454 e. The molecule has 2 heterocycles. The first-order chi connectivity index (χ1) is 10.7. The van der Waals surface area contributed by atoms with Crippen molar-refractivity contribution in [3.8, 4) is 11.5 Å². The molecule has 1 N–H and O–H groups in total. The van der Waals surface area contributed by atoms with E-state index in [2.05, 4.69) is 10.3 Å². The number of rotatable bonds is 2. The van der Waals surface area contributed by atoms with Crippen molar-refractivity contribution in [2.45, 2.75) is 0 Å². The smallest absolute Gasteiger partial charge is 0.257 e. The van der Waals surface area contributed by atoms with E-state index in [0.717, 1.165) is 10.2 Å². The Kier molecular flexibility index (Phi) is 3.13. The van der Waals surface area contributed by atoms with Gasteiger partial charge in [0, 0.05) is 22.7 Å². The minimum absolute atomic E-state index is 0.227. The van der Waals surface area contributed by atoms with Gasteiger partial charge in [0.15, 0.2) is 16.6 Å². The Labute approximate surface area is 134 Å². The summed E-state index contributed by atoms with van der Waals surface area (Å²) in [5.41, 5.74) is 1.25. The van der Waals surface area contributed by atoms with Crippen molar-refractivity contribution in [2.75, 3.05) is 12.1 Å². The highest BCUT2D eigenvalue weighted by Gasteiger charge is 2.17. The van der Waals surface area contributed by atoms with E-state index in [9.17, 15) is 4.79 Å². The van der Waals surface area contributed by atoms with Gasteiger partial charge in [-0.3, -0.25) is 10.1 Å². The van der Waals surface area contributed by atoms with Crippen molar-refractivity contribution in [1.29, 1.82) is 0 Å². The fourth-order valence-electron chi connectivity index (χ4n) is 2.17.